The fourth-order valence-corrected chi connectivity index (χ4v) is 3.59. The Kier molecular flexibility index (Phi) is 4.31. The molecule has 1 aliphatic carbocycles. The lowest BCUT2D eigenvalue weighted by molar-refractivity contribution is 0.372. The zero-order valence-corrected chi connectivity index (χ0v) is 14.2. The van der Waals surface area contributed by atoms with Crippen LogP contribution >= 0.6 is 31.9 Å². The fourth-order valence-electron chi connectivity index (χ4n) is 2.65. The molecule has 0 saturated heterocycles. The van der Waals surface area contributed by atoms with Crippen molar-refractivity contribution in [3.05, 3.63) is 62.5 Å². The number of halogens is 4. The quantitative estimate of drug-likeness (QED) is 0.661. The minimum absolute atomic E-state index is 0.213. The van der Waals surface area contributed by atoms with Gasteiger partial charge in [-0.2, -0.15) is 0 Å². The van der Waals surface area contributed by atoms with Crippen LogP contribution < -0.4 is 5.32 Å². The molecule has 2 aromatic rings. The Morgan fingerprint density at radius 2 is 1.81 bits per heavy atom. The van der Waals surface area contributed by atoms with E-state index in [9.17, 15) is 8.78 Å². The van der Waals surface area contributed by atoms with E-state index in [1.807, 2.05) is 12.1 Å². The van der Waals surface area contributed by atoms with Gasteiger partial charge in [0.15, 0.2) is 0 Å². The van der Waals surface area contributed by atoms with Crippen LogP contribution in [-0.2, 0) is 0 Å². The van der Waals surface area contributed by atoms with Crippen molar-refractivity contribution in [3.8, 4) is 0 Å². The average molecular weight is 417 g/mol. The third-order valence-corrected chi connectivity index (χ3v) is 4.93. The summed E-state index contributed by atoms with van der Waals surface area (Å²) in [4.78, 5) is 0. The molecule has 0 aromatic heterocycles. The van der Waals surface area contributed by atoms with E-state index in [0.29, 0.717) is 16.1 Å². The molecule has 0 amide bonds. The number of anilines is 1. The van der Waals surface area contributed by atoms with E-state index in [0.717, 1.165) is 23.4 Å². The molecule has 5 heteroatoms. The van der Waals surface area contributed by atoms with Crippen molar-refractivity contribution in [1.29, 1.82) is 0 Å². The van der Waals surface area contributed by atoms with Gasteiger partial charge in [-0.1, -0.05) is 28.1 Å². The van der Waals surface area contributed by atoms with Crippen LogP contribution in [0.1, 0.15) is 24.3 Å². The summed E-state index contributed by atoms with van der Waals surface area (Å²) >= 11 is 6.67. The lowest BCUT2D eigenvalue weighted by Crippen LogP contribution is -2.34. The third kappa shape index (κ3) is 3.29. The Bertz CT molecular complexity index is 646. The summed E-state index contributed by atoms with van der Waals surface area (Å²) < 4.78 is 28.3. The molecule has 1 aliphatic rings. The SMILES string of the molecule is Fc1cc(F)c(NC2CC(c3cccc(Br)c3)C2)c(Br)c1. The molecule has 0 bridgehead atoms. The predicted octanol–water partition coefficient (Wildman–Crippen LogP) is 5.85. The van der Waals surface area contributed by atoms with E-state index in [4.69, 9.17) is 0 Å². The molecule has 1 fully saturated rings. The first-order chi connectivity index (χ1) is 10.0. The van der Waals surface area contributed by atoms with Crippen molar-refractivity contribution < 1.29 is 8.78 Å². The largest absolute Gasteiger partial charge is 0.379 e. The van der Waals surface area contributed by atoms with E-state index in [2.05, 4.69) is 49.3 Å². The second-order valence-electron chi connectivity index (χ2n) is 5.31. The lowest BCUT2D eigenvalue weighted by atomic mass is 9.76. The highest BCUT2D eigenvalue weighted by Crippen LogP contribution is 2.40. The van der Waals surface area contributed by atoms with Gasteiger partial charge in [0.05, 0.1) is 5.69 Å². The maximum atomic E-state index is 13.8. The van der Waals surface area contributed by atoms with Gasteiger partial charge >= 0.3 is 0 Å². The number of hydrogen-bond acceptors (Lipinski definition) is 1. The Morgan fingerprint density at radius 1 is 1.05 bits per heavy atom. The smallest absolute Gasteiger partial charge is 0.150 e. The molecule has 1 N–H and O–H groups in total. The Balaban J connectivity index is 1.65. The van der Waals surface area contributed by atoms with Gasteiger partial charge in [-0.3, -0.25) is 0 Å². The molecule has 3 rings (SSSR count). The standard InChI is InChI=1S/C16H13Br2F2N/c17-11-3-1-2-9(4-11)10-5-13(6-10)21-16-14(18)7-12(19)8-15(16)20/h1-4,7-8,10,13,21H,5-6H2. The van der Waals surface area contributed by atoms with Crippen LogP contribution in [0.4, 0.5) is 14.5 Å². The van der Waals surface area contributed by atoms with Crippen LogP contribution in [0.2, 0.25) is 0 Å². The van der Waals surface area contributed by atoms with Crippen LogP contribution in [0.15, 0.2) is 45.3 Å². The lowest BCUT2D eigenvalue weighted by Gasteiger charge is -2.37. The summed E-state index contributed by atoms with van der Waals surface area (Å²) in [5.74, 6) is -0.652. The van der Waals surface area contributed by atoms with Crippen LogP contribution in [0.3, 0.4) is 0 Å². The summed E-state index contributed by atoms with van der Waals surface area (Å²) in [6, 6.07) is 10.6. The number of benzene rings is 2. The molecule has 21 heavy (non-hydrogen) atoms. The van der Waals surface area contributed by atoms with Gasteiger partial charge in [-0.15, -0.1) is 0 Å². The molecule has 0 spiro atoms. The van der Waals surface area contributed by atoms with Gasteiger partial charge in [0.1, 0.15) is 11.6 Å². The van der Waals surface area contributed by atoms with Gasteiger partial charge in [-0.05, 0) is 58.5 Å². The van der Waals surface area contributed by atoms with E-state index in [1.54, 1.807) is 0 Å². The van der Waals surface area contributed by atoms with Crippen LogP contribution in [0.5, 0.6) is 0 Å². The molecule has 0 radical (unpaired) electrons. The molecule has 110 valence electrons. The first kappa shape index (κ1) is 15.0. The van der Waals surface area contributed by atoms with Crippen molar-refractivity contribution >= 4 is 37.5 Å². The first-order valence-corrected chi connectivity index (χ1v) is 8.28. The number of rotatable bonds is 3. The summed E-state index contributed by atoms with van der Waals surface area (Å²) in [6.07, 6.45) is 1.89. The number of hydrogen-bond donors (Lipinski definition) is 1. The first-order valence-electron chi connectivity index (χ1n) is 6.69. The van der Waals surface area contributed by atoms with Crippen molar-refractivity contribution in [1.82, 2.24) is 0 Å². The van der Waals surface area contributed by atoms with Gasteiger partial charge in [0.25, 0.3) is 0 Å². The van der Waals surface area contributed by atoms with E-state index >= 15 is 0 Å². The zero-order valence-electron chi connectivity index (χ0n) is 11.0. The van der Waals surface area contributed by atoms with E-state index < -0.39 is 11.6 Å². The Labute approximate surface area is 139 Å². The zero-order chi connectivity index (χ0) is 15.0. The van der Waals surface area contributed by atoms with Gasteiger partial charge in [-0.25, -0.2) is 8.78 Å². The molecule has 0 unspecified atom stereocenters. The van der Waals surface area contributed by atoms with Crippen molar-refractivity contribution in [2.75, 3.05) is 5.32 Å². The maximum absolute atomic E-state index is 13.8. The third-order valence-electron chi connectivity index (χ3n) is 3.81. The van der Waals surface area contributed by atoms with Crippen LogP contribution in [0, 0.1) is 11.6 Å². The van der Waals surface area contributed by atoms with E-state index in [1.165, 1.54) is 11.6 Å². The van der Waals surface area contributed by atoms with Crippen molar-refractivity contribution in [3.63, 3.8) is 0 Å². The highest BCUT2D eigenvalue weighted by molar-refractivity contribution is 9.10. The second-order valence-corrected chi connectivity index (χ2v) is 7.08. The van der Waals surface area contributed by atoms with E-state index in [-0.39, 0.29) is 6.04 Å². The molecule has 0 heterocycles. The van der Waals surface area contributed by atoms with Crippen molar-refractivity contribution in [2.24, 2.45) is 0 Å². The average Bonchev–Trinajstić information content (AvgIpc) is 2.35. The van der Waals surface area contributed by atoms with Crippen LogP contribution in [0.25, 0.3) is 0 Å². The summed E-state index contributed by atoms with van der Waals surface area (Å²) in [5, 5.41) is 3.16. The normalized spacial score (nSPS) is 21.0. The summed E-state index contributed by atoms with van der Waals surface area (Å²) in [5.41, 5.74) is 1.63. The topological polar surface area (TPSA) is 12.0 Å². The monoisotopic (exact) mass is 415 g/mol. The highest BCUT2D eigenvalue weighted by Gasteiger charge is 2.31. The summed E-state index contributed by atoms with van der Waals surface area (Å²) in [6.45, 7) is 0. The van der Waals surface area contributed by atoms with Gasteiger partial charge in [0, 0.05) is 21.1 Å². The Hall–Kier alpha value is -0.940. The van der Waals surface area contributed by atoms with Crippen molar-refractivity contribution in [2.45, 2.75) is 24.8 Å². The second kappa shape index (κ2) is 6.05. The van der Waals surface area contributed by atoms with Gasteiger partial charge in [0.2, 0.25) is 0 Å². The molecule has 1 nitrogen and oxygen atoms in total. The minimum atomic E-state index is -0.578. The maximum Gasteiger partial charge on any atom is 0.150 e. The molecule has 2 aromatic carbocycles. The number of nitrogens with one attached hydrogen (secondary N) is 1. The molecular weight excluding hydrogens is 404 g/mol. The fraction of sp³-hybridized carbons (Fsp3) is 0.250. The molecule has 0 aliphatic heterocycles. The Morgan fingerprint density at radius 3 is 2.48 bits per heavy atom. The molecule has 1 saturated carbocycles. The molecule has 0 atom stereocenters. The predicted molar refractivity (Wildman–Crippen MR) is 87.6 cm³/mol. The highest BCUT2D eigenvalue weighted by atomic mass is 79.9. The van der Waals surface area contributed by atoms with Crippen LogP contribution in [-0.4, -0.2) is 6.04 Å². The summed E-state index contributed by atoms with van der Waals surface area (Å²) in [7, 11) is 0. The molecular formula is C16H13Br2F2N. The minimum Gasteiger partial charge on any atom is -0.379 e. The van der Waals surface area contributed by atoms with Gasteiger partial charge < -0.3 is 5.32 Å².